The van der Waals surface area contributed by atoms with Crippen LogP contribution in [0.2, 0.25) is 0 Å². The number of rotatable bonds is 5. The third kappa shape index (κ3) is 3.01. The third-order valence-corrected chi connectivity index (χ3v) is 3.57. The maximum Gasteiger partial charge on any atom is 0.305 e. The molecule has 106 valence electrons. The second-order valence-corrected chi connectivity index (χ2v) is 5.54. The van der Waals surface area contributed by atoms with Crippen LogP contribution in [0.3, 0.4) is 0 Å². The van der Waals surface area contributed by atoms with Crippen molar-refractivity contribution in [3.63, 3.8) is 0 Å². The topological polar surface area (TPSA) is 93.8 Å². The Bertz CT molecular complexity index is 613. The van der Waals surface area contributed by atoms with Crippen molar-refractivity contribution >= 4 is 21.9 Å². The van der Waals surface area contributed by atoms with Crippen molar-refractivity contribution in [3.05, 3.63) is 22.8 Å². The smallest absolute Gasteiger partial charge is 0.305 e. The van der Waals surface area contributed by atoms with Gasteiger partial charge in [-0.3, -0.25) is 9.78 Å². The first kappa shape index (κ1) is 14.6. The van der Waals surface area contributed by atoms with E-state index in [2.05, 4.69) is 36.4 Å². The molecule has 2 rings (SSSR count). The van der Waals surface area contributed by atoms with Gasteiger partial charge in [0.05, 0.1) is 12.5 Å². The fourth-order valence-corrected chi connectivity index (χ4v) is 2.34. The molecule has 2 aromatic rings. The molecule has 2 aromatic heterocycles. The quantitative estimate of drug-likeness (QED) is 0.896. The van der Waals surface area contributed by atoms with Gasteiger partial charge in [0.1, 0.15) is 5.69 Å². The van der Waals surface area contributed by atoms with E-state index in [1.807, 2.05) is 19.9 Å². The molecule has 0 aromatic carbocycles. The molecule has 0 fully saturated rings. The minimum atomic E-state index is -0.884. The van der Waals surface area contributed by atoms with Gasteiger partial charge in [-0.2, -0.15) is 0 Å². The van der Waals surface area contributed by atoms with Crippen LogP contribution >= 0.6 is 15.9 Å². The number of tetrazole rings is 1. The number of carboxylic acid groups (broad SMARTS) is 1. The van der Waals surface area contributed by atoms with Crippen LogP contribution in [-0.4, -0.2) is 36.3 Å². The Labute approximate surface area is 124 Å². The lowest BCUT2D eigenvalue weighted by molar-refractivity contribution is -0.138. The summed E-state index contributed by atoms with van der Waals surface area (Å²) in [6.07, 6.45) is 1.60. The second kappa shape index (κ2) is 6.08. The Hall–Kier alpha value is -1.83. The molecule has 0 saturated heterocycles. The summed E-state index contributed by atoms with van der Waals surface area (Å²) in [7, 11) is 0. The maximum atomic E-state index is 11.0. The molecule has 0 bridgehead atoms. The highest BCUT2D eigenvalue weighted by atomic mass is 79.9. The number of hydrogen-bond donors (Lipinski definition) is 1. The predicted octanol–water partition coefficient (Wildman–Crippen LogP) is 2.17. The number of aromatic nitrogens is 5. The molecule has 8 heteroatoms. The van der Waals surface area contributed by atoms with E-state index < -0.39 is 5.97 Å². The molecule has 0 aliphatic heterocycles. The van der Waals surface area contributed by atoms with E-state index in [9.17, 15) is 4.79 Å². The Morgan fingerprint density at radius 1 is 1.50 bits per heavy atom. The number of halogens is 1. The van der Waals surface area contributed by atoms with Crippen LogP contribution in [0.25, 0.3) is 11.5 Å². The zero-order valence-corrected chi connectivity index (χ0v) is 12.6. The molecule has 20 heavy (non-hydrogen) atoms. The van der Waals surface area contributed by atoms with Crippen LogP contribution in [0.5, 0.6) is 0 Å². The highest BCUT2D eigenvalue weighted by molar-refractivity contribution is 9.10. The van der Waals surface area contributed by atoms with Gasteiger partial charge >= 0.3 is 5.97 Å². The Morgan fingerprint density at radius 2 is 2.25 bits per heavy atom. The lowest BCUT2D eigenvalue weighted by atomic mass is 10.0. The van der Waals surface area contributed by atoms with Crippen molar-refractivity contribution in [2.24, 2.45) is 5.92 Å². The van der Waals surface area contributed by atoms with E-state index in [1.165, 1.54) is 4.68 Å². The van der Waals surface area contributed by atoms with E-state index in [0.29, 0.717) is 11.5 Å². The molecule has 0 aliphatic rings. The molecule has 0 aliphatic carbocycles. The number of carboxylic acids is 1. The minimum Gasteiger partial charge on any atom is -0.481 e. The van der Waals surface area contributed by atoms with E-state index >= 15 is 0 Å². The Kier molecular flexibility index (Phi) is 4.43. The standard InChI is InChI=1S/C12H14BrN5O2/c1-7(2)9(6-10(19)20)18-12(15-16-17-18)11-8(13)4-3-5-14-11/h3-5,7,9H,6H2,1-2H3,(H,19,20). The SMILES string of the molecule is CC(C)C(CC(=O)O)n1nnnc1-c1ncccc1Br. The molecule has 0 radical (unpaired) electrons. The fraction of sp³-hybridized carbons (Fsp3) is 0.417. The summed E-state index contributed by atoms with van der Waals surface area (Å²) >= 11 is 3.40. The van der Waals surface area contributed by atoms with Crippen LogP contribution in [0.1, 0.15) is 26.3 Å². The average molecular weight is 340 g/mol. The zero-order chi connectivity index (χ0) is 14.7. The van der Waals surface area contributed by atoms with Crippen LogP contribution in [0, 0.1) is 5.92 Å². The highest BCUT2D eigenvalue weighted by Crippen LogP contribution is 2.28. The highest BCUT2D eigenvalue weighted by Gasteiger charge is 2.25. The summed E-state index contributed by atoms with van der Waals surface area (Å²) in [6, 6.07) is 3.30. The zero-order valence-electron chi connectivity index (χ0n) is 11.1. The second-order valence-electron chi connectivity index (χ2n) is 4.69. The van der Waals surface area contributed by atoms with Crippen LogP contribution in [0.4, 0.5) is 0 Å². The van der Waals surface area contributed by atoms with E-state index in [-0.39, 0.29) is 18.4 Å². The lowest BCUT2D eigenvalue weighted by Crippen LogP contribution is -2.21. The number of pyridine rings is 1. The van der Waals surface area contributed by atoms with Gasteiger partial charge < -0.3 is 5.11 Å². The minimum absolute atomic E-state index is 0.0415. The summed E-state index contributed by atoms with van der Waals surface area (Å²) in [5.41, 5.74) is 0.591. The van der Waals surface area contributed by atoms with Gasteiger partial charge in [0.2, 0.25) is 5.82 Å². The summed E-state index contributed by atoms with van der Waals surface area (Å²) in [5, 5.41) is 20.6. The first-order valence-electron chi connectivity index (χ1n) is 6.11. The molecule has 0 saturated carbocycles. The van der Waals surface area contributed by atoms with Crippen LogP contribution in [0.15, 0.2) is 22.8 Å². The van der Waals surface area contributed by atoms with Crippen molar-refractivity contribution in [1.82, 2.24) is 25.2 Å². The molecule has 1 N–H and O–H groups in total. The van der Waals surface area contributed by atoms with Crippen LogP contribution < -0.4 is 0 Å². The van der Waals surface area contributed by atoms with Gasteiger partial charge in [-0.25, -0.2) is 4.68 Å². The van der Waals surface area contributed by atoms with Gasteiger partial charge in [0.25, 0.3) is 0 Å². The van der Waals surface area contributed by atoms with E-state index in [0.717, 1.165) is 4.47 Å². The largest absolute Gasteiger partial charge is 0.481 e. The number of hydrogen-bond acceptors (Lipinski definition) is 5. The van der Waals surface area contributed by atoms with Crippen molar-refractivity contribution in [3.8, 4) is 11.5 Å². The summed E-state index contributed by atoms with van der Waals surface area (Å²) in [4.78, 5) is 15.3. The summed E-state index contributed by atoms with van der Waals surface area (Å²) < 4.78 is 2.29. The first-order valence-corrected chi connectivity index (χ1v) is 6.90. The van der Waals surface area contributed by atoms with E-state index in [1.54, 1.807) is 12.3 Å². The fourth-order valence-electron chi connectivity index (χ4n) is 1.91. The lowest BCUT2D eigenvalue weighted by Gasteiger charge is -2.20. The number of nitrogens with zero attached hydrogens (tertiary/aromatic N) is 5. The van der Waals surface area contributed by atoms with E-state index in [4.69, 9.17) is 5.11 Å². The predicted molar refractivity (Wildman–Crippen MR) is 74.9 cm³/mol. The van der Waals surface area contributed by atoms with Crippen molar-refractivity contribution in [2.45, 2.75) is 26.3 Å². The molecule has 0 amide bonds. The summed E-state index contributed by atoms with van der Waals surface area (Å²) in [5.74, 6) is -0.349. The van der Waals surface area contributed by atoms with Gasteiger partial charge in [0.15, 0.2) is 0 Å². The number of carbonyl (C=O) groups is 1. The van der Waals surface area contributed by atoms with Crippen LogP contribution in [-0.2, 0) is 4.79 Å². The number of aliphatic carboxylic acids is 1. The maximum absolute atomic E-state index is 11.0. The van der Waals surface area contributed by atoms with Crippen molar-refractivity contribution in [1.29, 1.82) is 0 Å². The summed E-state index contributed by atoms with van der Waals surface area (Å²) in [6.45, 7) is 3.87. The molecule has 2 heterocycles. The van der Waals surface area contributed by atoms with Gasteiger partial charge in [0, 0.05) is 10.7 Å². The average Bonchev–Trinajstić information content (AvgIpc) is 2.84. The van der Waals surface area contributed by atoms with Gasteiger partial charge in [-0.05, 0) is 44.4 Å². The van der Waals surface area contributed by atoms with Crippen molar-refractivity contribution in [2.75, 3.05) is 0 Å². The molecule has 7 nitrogen and oxygen atoms in total. The Morgan fingerprint density at radius 3 is 2.85 bits per heavy atom. The Balaban J connectivity index is 2.46. The van der Waals surface area contributed by atoms with Crippen molar-refractivity contribution < 1.29 is 9.90 Å². The monoisotopic (exact) mass is 339 g/mol. The third-order valence-electron chi connectivity index (χ3n) is 2.93. The molecule has 1 atom stereocenters. The molecular weight excluding hydrogens is 326 g/mol. The van der Waals surface area contributed by atoms with Gasteiger partial charge in [-0.15, -0.1) is 5.10 Å². The molecular formula is C12H14BrN5O2. The molecule has 1 unspecified atom stereocenters. The normalized spacial score (nSPS) is 12.6. The molecule has 0 spiro atoms. The first-order chi connectivity index (χ1) is 9.50. The van der Waals surface area contributed by atoms with Gasteiger partial charge in [-0.1, -0.05) is 13.8 Å².